The summed E-state index contributed by atoms with van der Waals surface area (Å²) in [5, 5.41) is 0. The van der Waals surface area contributed by atoms with E-state index in [9.17, 15) is 9.59 Å². The largest absolute Gasteiger partial charge is 0.452 e. The predicted octanol–water partition coefficient (Wildman–Crippen LogP) is 2.86. The molecule has 1 heterocycles. The van der Waals surface area contributed by atoms with Gasteiger partial charge in [-0.2, -0.15) is 0 Å². The van der Waals surface area contributed by atoms with Gasteiger partial charge in [-0.15, -0.1) is 0 Å². The van der Waals surface area contributed by atoms with Crippen LogP contribution in [-0.2, 0) is 14.3 Å². The number of esters is 1. The Labute approximate surface area is 128 Å². The Morgan fingerprint density at radius 3 is 2.10 bits per heavy atom. The first-order valence-electron chi connectivity index (χ1n) is 8.37. The minimum absolute atomic E-state index is 0.00364. The zero-order valence-corrected chi connectivity index (χ0v) is 13.8. The molecular formula is C17H29NO3. The molecule has 2 fully saturated rings. The Morgan fingerprint density at radius 2 is 1.67 bits per heavy atom. The van der Waals surface area contributed by atoms with Crippen molar-refractivity contribution in [3.05, 3.63) is 0 Å². The second kappa shape index (κ2) is 6.80. The van der Waals surface area contributed by atoms with Crippen LogP contribution in [0.4, 0.5) is 0 Å². The lowest BCUT2D eigenvalue weighted by Gasteiger charge is -2.38. The first kappa shape index (κ1) is 16.3. The molecule has 1 saturated carbocycles. The third-order valence-corrected chi connectivity index (χ3v) is 4.71. The molecule has 2 rings (SSSR count). The highest BCUT2D eigenvalue weighted by Gasteiger charge is 2.36. The molecule has 3 atom stereocenters. The highest BCUT2D eigenvalue weighted by Crippen LogP contribution is 2.29. The Balaban J connectivity index is 1.99. The second-order valence-electron chi connectivity index (χ2n) is 7.42. The van der Waals surface area contributed by atoms with Gasteiger partial charge in [0.05, 0.1) is 5.92 Å². The van der Waals surface area contributed by atoms with Crippen molar-refractivity contribution in [1.29, 1.82) is 0 Å². The molecule has 0 aromatic carbocycles. The van der Waals surface area contributed by atoms with Crippen LogP contribution in [0.15, 0.2) is 0 Å². The van der Waals surface area contributed by atoms with E-state index in [2.05, 4.69) is 13.8 Å². The first-order chi connectivity index (χ1) is 9.88. The van der Waals surface area contributed by atoms with Crippen LogP contribution in [0.3, 0.4) is 0 Å². The number of nitrogens with zero attached hydrogens (tertiary/aromatic N) is 1. The summed E-state index contributed by atoms with van der Waals surface area (Å²) >= 11 is 0. The van der Waals surface area contributed by atoms with Crippen LogP contribution in [0.5, 0.6) is 0 Å². The van der Waals surface area contributed by atoms with E-state index >= 15 is 0 Å². The number of hydrogen-bond acceptors (Lipinski definition) is 3. The van der Waals surface area contributed by atoms with Crippen LogP contribution in [0.1, 0.15) is 53.4 Å². The minimum Gasteiger partial charge on any atom is -0.452 e. The van der Waals surface area contributed by atoms with Gasteiger partial charge in [0.1, 0.15) is 0 Å². The van der Waals surface area contributed by atoms with E-state index in [0.717, 1.165) is 38.8 Å². The van der Waals surface area contributed by atoms with Gasteiger partial charge in [-0.05, 0) is 37.0 Å². The number of amides is 1. The molecule has 1 aliphatic carbocycles. The number of carbonyl (C=O) groups excluding carboxylic acids is 2. The Bertz CT molecular complexity index is 379. The molecule has 0 bridgehead atoms. The first-order valence-corrected chi connectivity index (χ1v) is 8.37. The summed E-state index contributed by atoms with van der Waals surface area (Å²) in [7, 11) is 0. The zero-order chi connectivity index (χ0) is 15.6. The average Bonchev–Trinajstić information content (AvgIpc) is 2.31. The summed E-state index contributed by atoms with van der Waals surface area (Å²) in [6, 6.07) is 0. The Morgan fingerprint density at radius 1 is 1.10 bits per heavy atom. The lowest BCUT2D eigenvalue weighted by Crippen LogP contribution is -2.50. The quantitative estimate of drug-likeness (QED) is 0.749. The Kier molecular flexibility index (Phi) is 5.28. The zero-order valence-electron chi connectivity index (χ0n) is 13.8. The number of ether oxygens (including phenoxy) is 1. The van der Waals surface area contributed by atoms with E-state index in [1.807, 2.05) is 18.7 Å². The lowest BCUT2D eigenvalue weighted by atomic mass is 9.85. The Hall–Kier alpha value is -1.06. The summed E-state index contributed by atoms with van der Waals surface area (Å²) in [5.41, 5.74) is 0. The van der Waals surface area contributed by atoms with Crippen LogP contribution in [0.2, 0.25) is 0 Å². The summed E-state index contributed by atoms with van der Waals surface area (Å²) in [5.74, 6) is 0.912. The van der Waals surface area contributed by atoms with Gasteiger partial charge < -0.3 is 9.64 Å². The van der Waals surface area contributed by atoms with Crippen LogP contribution >= 0.6 is 0 Å². The van der Waals surface area contributed by atoms with E-state index in [1.54, 1.807) is 0 Å². The summed E-state index contributed by atoms with van der Waals surface area (Å²) in [4.78, 5) is 26.7. The predicted molar refractivity (Wildman–Crippen MR) is 81.6 cm³/mol. The van der Waals surface area contributed by atoms with Crippen molar-refractivity contribution in [2.24, 2.45) is 23.7 Å². The molecule has 0 aromatic rings. The van der Waals surface area contributed by atoms with Crippen LogP contribution in [0.25, 0.3) is 0 Å². The fourth-order valence-electron chi connectivity index (χ4n) is 3.36. The maximum absolute atomic E-state index is 12.7. The van der Waals surface area contributed by atoms with Gasteiger partial charge in [0, 0.05) is 13.1 Å². The SMILES string of the molecule is CC(C)[C@@H](OC(=O)C1CCC1)C(=O)N1C[C@H](C)C[C@H](C)C1. The molecule has 0 aromatic heterocycles. The van der Waals surface area contributed by atoms with Gasteiger partial charge in [-0.1, -0.05) is 34.1 Å². The average molecular weight is 295 g/mol. The molecule has 1 saturated heterocycles. The molecule has 120 valence electrons. The molecule has 21 heavy (non-hydrogen) atoms. The number of hydrogen-bond donors (Lipinski definition) is 0. The topological polar surface area (TPSA) is 46.6 Å². The highest BCUT2D eigenvalue weighted by molar-refractivity contribution is 5.85. The summed E-state index contributed by atoms with van der Waals surface area (Å²) in [6.07, 6.45) is 3.47. The summed E-state index contributed by atoms with van der Waals surface area (Å²) < 4.78 is 5.57. The molecule has 1 aliphatic heterocycles. The molecule has 4 nitrogen and oxygen atoms in total. The maximum atomic E-state index is 12.7. The molecule has 0 unspecified atom stereocenters. The van der Waals surface area contributed by atoms with Crippen molar-refractivity contribution >= 4 is 11.9 Å². The van der Waals surface area contributed by atoms with Crippen LogP contribution in [0, 0.1) is 23.7 Å². The second-order valence-corrected chi connectivity index (χ2v) is 7.42. The molecule has 0 N–H and O–H groups in total. The van der Waals surface area contributed by atoms with E-state index in [4.69, 9.17) is 4.74 Å². The lowest BCUT2D eigenvalue weighted by molar-refractivity contribution is -0.169. The van der Waals surface area contributed by atoms with Crippen molar-refractivity contribution in [2.75, 3.05) is 13.1 Å². The van der Waals surface area contributed by atoms with Gasteiger partial charge in [-0.3, -0.25) is 9.59 Å². The molecule has 0 radical (unpaired) electrons. The third-order valence-electron chi connectivity index (χ3n) is 4.71. The van der Waals surface area contributed by atoms with Crippen molar-refractivity contribution in [2.45, 2.75) is 59.5 Å². The molecule has 1 amide bonds. The van der Waals surface area contributed by atoms with Crippen LogP contribution < -0.4 is 0 Å². The van der Waals surface area contributed by atoms with Crippen molar-refractivity contribution in [3.8, 4) is 0 Å². The fourth-order valence-corrected chi connectivity index (χ4v) is 3.36. The van der Waals surface area contributed by atoms with E-state index < -0.39 is 6.10 Å². The number of rotatable bonds is 4. The van der Waals surface area contributed by atoms with Crippen LogP contribution in [-0.4, -0.2) is 36.0 Å². The summed E-state index contributed by atoms with van der Waals surface area (Å²) in [6.45, 7) is 9.84. The molecule has 0 spiro atoms. The van der Waals surface area contributed by atoms with Gasteiger partial charge in [0.15, 0.2) is 6.10 Å². The minimum atomic E-state index is -0.615. The molecule has 2 aliphatic rings. The maximum Gasteiger partial charge on any atom is 0.309 e. The van der Waals surface area contributed by atoms with Crippen molar-refractivity contribution in [1.82, 2.24) is 4.90 Å². The highest BCUT2D eigenvalue weighted by atomic mass is 16.5. The standard InChI is InChI=1S/C17H29NO3/c1-11(2)15(21-17(20)14-6-5-7-14)16(19)18-9-12(3)8-13(4)10-18/h11-15H,5-10H2,1-4H3/t12-,13+,15-/m1/s1. The van der Waals surface area contributed by atoms with E-state index in [0.29, 0.717) is 11.8 Å². The van der Waals surface area contributed by atoms with E-state index in [1.165, 1.54) is 0 Å². The smallest absolute Gasteiger partial charge is 0.309 e. The van der Waals surface area contributed by atoms with Gasteiger partial charge in [0.2, 0.25) is 0 Å². The number of carbonyl (C=O) groups is 2. The monoisotopic (exact) mass is 295 g/mol. The third kappa shape index (κ3) is 3.98. The van der Waals surface area contributed by atoms with Gasteiger partial charge in [0.25, 0.3) is 5.91 Å². The van der Waals surface area contributed by atoms with Gasteiger partial charge in [-0.25, -0.2) is 0 Å². The van der Waals surface area contributed by atoms with Crippen molar-refractivity contribution < 1.29 is 14.3 Å². The molecule has 4 heteroatoms. The number of likely N-dealkylation sites (tertiary alicyclic amines) is 1. The fraction of sp³-hybridized carbons (Fsp3) is 0.882. The van der Waals surface area contributed by atoms with E-state index in [-0.39, 0.29) is 23.7 Å². The normalized spacial score (nSPS) is 28.1. The molecular weight excluding hydrogens is 266 g/mol. The number of piperidine rings is 1. The van der Waals surface area contributed by atoms with Gasteiger partial charge >= 0.3 is 5.97 Å². The van der Waals surface area contributed by atoms with Crippen molar-refractivity contribution in [3.63, 3.8) is 0 Å².